The molecule has 0 saturated carbocycles. The minimum Gasteiger partial charge on any atom is -0.325 e. The summed E-state index contributed by atoms with van der Waals surface area (Å²) in [6.07, 6.45) is 0. The van der Waals surface area contributed by atoms with Crippen LogP contribution in [-0.2, 0) is 0 Å². The van der Waals surface area contributed by atoms with Gasteiger partial charge >= 0.3 is 0 Å². The Hall–Kier alpha value is 0.260. The van der Waals surface area contributed by atoms with E-state index in [4.69, 9.17) is 4.55 Å². The summed E-state index contributed by atoms with van der Waals surface area (Å²) < 4.78 is 9.73. The van der Waals surface area contributed by atoms with Gasteiger partial charge < -0.3 is 4.55 Å². The minimum absolute atomic E-state index is 0.774. The van der Waals surface area contributed by atoms with Crippen LogP contribution < -0.4 is 0 Å². The largest absolute Gasteiger partial charge is 0.325 e. The number of rotatable bonds is 1. The van der Waals surface area contributed by atoms with Crippen molar-refractivity contribution < 1.29 is 4.55 Å². The molecule has 0 aliphatic carbocycles. The normalized spacial score (nSPS) is 9.56. The fraction of sp³-hybridized carbons (Fsp3) is 0. The van der Waals surface area contributed by atoms with E-state index in [1.54, 1.807) is 0 Å². The summed E-state index contributed by atoms with van der Waals surface area (Å²) in [6, 6.07) is 7.68. The van der Waals surface area contributed by atoms with Gasteiger partial charge in [-0.05, 0) is 46.9 Å². The minimum atomic E-state index is 0.774. The van der Waals surface area contributed by atoms with E-state index in [0.717, 1.165) is 16.9 Å². The van der Waals surface area contributed by atoms with Crippen molar-refractivity contribution in [3.05, 3.63) is 27.8 Å². The summed E-state index contributed by atoms with van der Waals surface area (Å²) in [5.41, 5.74) is 0. The highest BCUT2D eigenvalue weighted by atomic mass is 127. The van der Waals surface area contributed by atoms with Crippen molar-refractivity contribution in [1.82, 2.24) is 0 Å². The van der Waals surface area contributed by atoms with Gasteiger partial charge in [-0.3, -0.25) is 0 Å². The lowest BCUT2D eigenvalue weighted by Gasteiger charge is -1.91. The third-order valence-corrected chi connectivity index (χ3v) is 2.12. The molecular formula is C6H5IOS. The SMILES string of the molecule is OSc1ccc(I)cc1. The zero-order valence-corrected chi connectivity index (χ0v) is 7.52. The predicted octanol–water partition coefficient (Wildman–Crippen LogP) is 2.86. The molecular weight excluding hydrogens is 247 g/mol. The van der Waals surface area contributed by atoms with Gasteiger partial charge in [0.25, 0.3) is 0 Å². The van der Waals surface area contributed by atoms with Gasteiger partial charge in [-0.25, -0.2) is 0 Å². The van der Waals surface area contributed by atoms with Gasteiger partial charge in [-0.2, -0.15) is 0 Å². The Morgan fingerprint density at radius 3 is 2.22 bits per heavy atom. The summed E-state index contributed by atoms with van der Waals surface area (Å²) in [7, 11) is 0. The maximum atomic E-state index is 8.54. The Balaban J connectivity index is 2.88. The first-order valence-electron chi connectivity index (χ1n) is 2.40. The van der Waals surface area contributed by atoms with Crippen LogP contribution in [0.5, 0.6) is 0 Å². The zero-order valence-electron chi connectivity index (χ0n) is 4.54. The third kappa shape index (κ3) is 2.15. The van der Waals surface area contributed by atoms with Gasteiger partial charge in [0.1, 0.15) is 0 Å². The molecule has 1 N–H and O–H groups in total. The van der Waals surface area contributed by atoms with E-state index in [0.29, 0.717) is 0 Å². The average Bonchev–Trinajstić information content (AvgIpc) is 1.90. The van der Waals surface area contributed by atoms with Crippen LogP contribution in [0.25, 0.3) is 0 Å². The molecule has 0 radical (unpaired) electrons. The summed E-state index contributed by atoms with van der Waals surface area (Å²) in [5, 5.41) is 0. The molecule has 1 nitrogen and oxygen atoms in total. The van der Waals surface area contributed by atoms with Crippen LogP contribution >= 0.6 is 34.6 Å². The number of benzene rings is 1. The van der Waals surface area contributed by atoms with Crippen LogP contribution in [0, 0.1) is 3.57 Å². The van der Waals surface area contributed by atoms with Crippen molar-refractivity contribution in [2.75, 3.05) is 0 Å². The van der Waals surface area contributed by atoms with Gasteiger partial charge in [0.2, 0.25) is 0 Å². The zero-order chi connectivity index (χ0) is 6.69. The molecule has 0 fully saturated rings. The highest BCUT2D eigenvalue weighted by Crippen LogP contribution is 2.14. The summed E-state index contributed by atoms with van der Waals surface area (Å²) in [6.45, 7) is 0. The van der Waals surface area contributed by atoms with Crippen LogP contribution in [0.3, 0.4) is 0 Å². The first kappa shape index (κ1) is 7.37. The average molecular weight is 252 g/mol. The smallest absolute Gasteiger partial charge is 0.0351 e. The quantitative estimate of drug-likeness (QED) is 0.612. The topological polar surface area (TPSA) is 20.2 Å². The van der Waals surface area contributed by atoms with Gasteiger partial charge in [0.15, 0.2) is 0 Å². The molecule has 1 aromatic carbocycles. The van der Waals surface area contributed by atoms with Gasteiger partial charge in [-0.15, -0.1) is 0 Å². The van der Waals surface area contributed by atoms with Crippen molar-refractivity contribution >= 4 is 34.6 Å². The van der Waals surface area contributed by atoms with Crippen molar-refractivity contribution in [2.24, 2.45) is 0 Å². The lowest BCUT2D eigenvalue weighted by molar-refractivity contribution is 0.664. The van der Waals surface area contributed by atoms with Crippen molar-refractivity contribution in [3.63, 3.8) is 0 Å². The second-order valence-electron chi connectivity index (χ2n) is 1.55. The second kappa shape index (κ2) is 3.43. The molecule has 0 amide bonds. The monoisotopic (exact) mass is 252 g/mol. The van der Waals surface area contributed by atoms with E-state index < -0.39 is 0 Å². The first-order chi connectivity index (χ1) is 4.33. The van der Waals surface area contributed by atoms with Crippen molar-refractivity contribution in [3.8, 4) is 0 Å². The lowest BCUT2D eigenvalue weighted by atomic mass is 10.4. The molecule has 3 heteroatoms. The van der Waals surface area contributed by atoms with Gasteiger partial charge in [-0.1, -0.05) is 0 Å². The third-order valence-electron chi connectivity index (χ3n) is 0.919. The molecule has 1 rings (SSSR count). The molecule has 0 spiro atoms. The van der Waals surface area contributed by atoms with Crippen LogP contribution in [0.2, 0.25) is 0 Å². The maximum absolute atomic E-state index is 8.54. The van der Waals surface area contributed by atoms with Crippen LogP contribution in [-0.4, -0.2) is 4.55 Å². The maximum Gasteiger partial charge on any atom is 0.0351 e. The molecule has 0 aromatic heterocycles. The molecule has 0 unspecified atom stereocenters. The summed E-state index contributed by atoms with van der Waals surface area (Å²) in [5.74, 6) is 0. The molecule has 0 aliphatic rings. The van der Waals surface area contributed by atoms with Gasteiger partial charge in [0, 0.05) is 20.5 Å². The molecule has 0 saturated heterocycles. The Labute approximate surface area is 71.8 Å². The number of halogens is 1. The van der Waals surface area contributed by atoms with E-state index in [9.17, 15) is 0 Å². The first-order valence-corrected chi connectivity index (χ1v) is 4.25. The number of hydrogen-bond acceptors (Lipinski definition) is 2. The Morgan fingerprint density at radius 2 is 1.78 bits per heavy atom. The van der Waals surface area contributed by atoms with E-state index in [-0.39, 0.29) is 0 Å². The van der Waals surface area contributed by atoms with Crippen LogP contribution in [0.4, 0.5) is 0 Å². The van der Waals surface area contributed by atoms with E-state index >= 15 is 0 Å². The van der Waals surface area contributed by atoms with E-state index in [1.807, 2.05) is 24.3 Å². The highest BCUT2D eigenvalue weighted by Gasteiger charge is 1.88. The lowest BCUT2D eigenvalue weighted by Crippen LogP contribution is -1.69. The molecule has 0 bridgehead atoms. The predicted molar refractivity (Wildman–Crippen MR) is 47.6 cm³/mol. The van der Waals surface area contributed by atoms with Crippen LogP contribution in [0.1, 0.15) is 0 Å². The highest BCUT2D eigenvalue weighted by molar-refractivity contribution is 14.1. The van der Waals surface area contributed by atoms with E-state index in [2.05, 4.69) is 22.6 Å². The second-order valence-corrected chi connectivity index (χ2v) is 3.44. The number of hydrogen-bond donors (Lipinski definition) is 1. The van der Waals surface area contributed by atoms with Crippen molar-refractivity contribution in [1.29, 1.82) is 0 Å². The van der Waals surface area contributed by atoms with Gasteiger partial charge in [0.05, 0.1) is 0 Å². The Bertz CT molecular complexity index is 185. The Morgan fingerprint density at radius 1 is 1.22 bits per heavy atom. The Kier molecular flexibility index (Phi) is 2.81. The van der Waals surface area contributed by atoms with E-state index in [1.165, 1.54) is 3.57 Å². The standard InChI is InChI=1S/C6H5IOS/c7-5-1-3-6(9-8)4-2-5/h1-4,8H. The molecule has 48 valence electrons. The summed E-state index contributed by atoms with van der Waals surface area (Å²) in [4.78, 5) is 0.885. The fourth-order valence-corrected chi connectivity index (χ4v) is 1.11. The summed E-state index contributed by atoms with van der Waals surface area (Å²) >= 11 is 3.00. The molecule has 1 aromatic rings. The fourth-order valence-electron chi connectivity index (χ4n) is 0.495. The van der Waals surface area contributed by atoms with Crippen LogP contribution in [0.15, 0.2) is 29.2 Å². The molecule has 0 aliphatic heterocycles. The molecule has 0 atom stereocenters. The van der Waals surface area contributed by atoms with Crippen molar-refractivity contribution in [2.45, 2.75) is 4.90 Å². The molecule has 0 heterocycles. The molecule has 9 heavy (non-hydrogen) atoms.